The molecule has 3 nitrogen and oxygen atoms in total. The summed E-state index contributed by atoms with van der Waals surface area (Å²) >= 11 is 1.66. The number of nitrogens with zero attached hydrogens (tertiary/aromatic N) is 1. The molecule has 0 bridgehead atoms. The fraction of sp³-hybridized carbons (Fsp3) is 0.643. The lowest BCUT2D eigenvalue weighted by molar-refractivity contribution is -0.134. The molecule has 3 atom stereocenters. The van der Waals surface area contributed by atoms with Crippen LogP contribution in [0.4, 0.5) is 0 Å². The van der Waals surface area contributed by atoms with Gasteiger partial charge in [0.1, 0.15) is 0 Å². The van der Waals surface area contributed by atoms with Crippen LogP contribution in [0.25, 0.3) is 0 Å². The highest BCUT2D eigenvalue weighted by Gasteiger charge is 2.29. The summed E-state index contributed by atoms with van der Waals surface area (Å²) in [5, 5.41) is 2.03. The first-order chi connectivity index (χ1) is 8.59. The van der Waals surface area contributed by atoms with Crippen molar-refractivity contribution in [2.75, 3.05) is 13.1 Å². The second kappa shape index (κ2) is 7.27. The van der Waals surface area contributed by atoms with E-state index in [2.05, 4.69) is 0 Å². The number of halogens is 1. The molecule has 0 radical (unpaired) electrons. The van der Waals surface area contributed by atoms with E-state index in [0.717, 1.165) is 30.8 Å². The SMILES string of the molecule is CC(C(=O)N1CCCC(C(C)N)C1)c1cccs1.Cl. The molecular formula is C14H23ClN2OS. The highest BCUT2D eigenvalue weighted by molar-refractivity contribution is 7.10. The highest BCUT2D eigenvalue weighted by atomic mass is 35.5. The summed E-state index contributed by atoms with van der Waals surface area (Å²) in [6.07, 6.45) is 2.23. The minimum absolute atomic E-state index is 0. The Balaban J connectivity index is 0.00000180. The molecule has 0 spiro atoms. The molecule has 1 aliphatic heterocycles. The van der Waals surface area contributed by atoms with Crippen LogP contribution >= 0.6 is 23.7 Å². The van der Waals surface area contributed by atoms with Crippen LogP contribution in [0.2, 0.25) is 0 Å². The maximum atomic E-state index is 12.5. The molecule has 1 saturated heterocycles. The number of hydrogen-bond donors (Lipinski definition) is 1. The van der Waals surface area contributed by atoms with Crippen LogP contribution in [-0.4, -0.2) is 29.9 Å². The van der Waals surface area contributed by atoms with E-state index in [1.165, 1.54) is 0 Å². The van der Waals surface area contributed by atoms with Crippen LogP contribution in [0.3, 0.4) is 0 Å². The number of thiophene rings is 1. The van der Waals surface area contributed by atoms with Crippen LogP contribution in [0.15, 0.2) is 17.5 Å². The summed E-state index contributed by atoms with van der Waals surface area (Å²) < 4.78 is 0. The van der Waals surface area contributed by atoms with E-state index in [9.17, 15) is 4.79 Å². The van der Waals surface area contributed by atoms with Crippen molar-refractivity contribution in [1.29, 1.82) is 0 Å². The maximum Gasteiger partial charge on any atom is 0.230 e. The molecule has 1 fully saturated rings. The van der Waals surface area contributed by atoms with Gasteiger partial charge in [-0.05, 0) is 44.1 Å². The molecule has 2 rings (SSSR count). The lowest BCUT2D eigenvalue weighted by atomic mass is 9.91. The molecule has 1 aromatic heterocycles. The van der Waals surface area contributed by atoms with Crippen molar-refractivity contribution < 1.29 is 4.79 Å². The molecule has 0 aliphatic carbocycles. The number of carbonyl (C=O) groups is 1. The van der Waals surface area contributed by atoms with E-state index >= 15 is 0 Å². The van der Waals surface area contributed by atoms with Crippen molar-refractivity contribution >= 4 is 29.7 Å². The van der Waals surface area contributed by atoms with Gasteiger partial charge in [-0.25, -0.2) is 0 Å². The van der Waals surface area contributed by atoms with Crippen LogP contribution < -0.4 is 5.73 Å². The fourth-order valence-electron chi connectivity index (χ4n) is 2.57. The Labute approximate surface area is 125 Å². The van der Waals surface area contributed by atoms with E-state index in [1.807, 2.05) is 36.3 Å². The van der Waals surface area contributed by atoms with Gasteiger partial charge in [-0.1, -0.05) is 6.07 Å². The van der Waals surface area contributed by atoms with E-state index in [-0.39, 0.29) is 30.3 Å². The smallest absolute Gasteiger partial charge is 0.230 e. The largest absolute Gasteiger partial charge is 0.342 e. The van der Waals surface area contributed by atoms with Crippen molar-refractivity contribution in [3.63, 3.8) is 0 Å². The second-order valence-electron chi connectivity index (χ2n) is 5.28. The van der Waals surface area contributed by atoms with Gasteiger partial charge in [-0.15, -0.1) is 23.7 Å². The van der Waals surface area contributed by atoms with Gasteiger partial charge in [0, 0.05) is 24.0 Å². The van der Waals surface area contributed by atoms with Crippen molar-refractivity contribution in [2.45, 2.75) is 38.6 Å². The second-order valence-corrected chi connectivity index (χ2v) is 6.26. The standard InChI is InChI=1S/C14H22N2OS.ClH/c1-10(13-6-4-8-18-13)14(17)16-7-3-5-12(9-16)11(2)15;/h4,6,8,10-12H,3,5,7,9,15H2,1-2H3;1H. The number of nitrogens with two attached hydrogens (primary N) is 1. The summed E-state index contributed by atoms with van der Waals surface area (Å²) in [5.41, 5.74) is 5.96. The highest BCUT2D eigenvalue weighted by Crippen LogP contribution is 2.26. The van der Waals surface area contributed by atoms with Crippen molar-refractivity contribution in [3.05, 3.63) is 22.4 Å². The molecule has 0 aromatic carbocycles. The molecule has 2 heterocycles. The van der Waals surface area contributed by atoms with E-state index in [1.54, 1.807) is 11.3 Å². The molecule has 0 saturated carbocycles. The van der Waals surface area contributed by atoms with Crippen LogP contribution in [0.5, 0.6) is 0 Å². The Morgan fingerprint density at radius 1 is 1.53 bits per heavy atom. The minimum Gasteiger partial charge on any atom is -0.342 e. The van der Waals surface area contributed by atoms with Crippen LogP contribution in [0.1, 0.15) is 37.5 Å². The monoisotopic (exact) mass is 302 g/mol. The van der Waals surface area contributed by atoms with E-state index in [4.69, 9.17) is 5.73 Å². The van der Waals surface area contributed by atoms with Gasteiger partial charge in [0.15, 0.2) is 0 Å². The van der Waals surface area contributed by atoms with Gasteiger partial charge in [-0.2, -0.15) is 0 Å². The van der Waals surface area contributed by atoms with Crippen LogP contribution in [-0.2, 0) is 4.79 Å². The topological polar surface area (TPSA) is 46.3 Å². The molecule has 19 heavy (non-hydrogen) atoms. The first kappa shape index (κ1) is 16.5. The molecule has 1 aromatic rings. The number of likely N-dealkylation sites (tertiary alicyclic amines) is 1. The number of hydrogen-bond acceptors (Lipinski definition) is 3. The Bertz CT molecular complexity index is 394. The lowest BCUT2D eigenvalue weighted by Gasteiger charge is -2.35. The van der Waals surface area contributed by atoms with Gasteiger partial charge in [0.25, 0.3) is 0 Å². The maximum absolute atomic E-state index is 12.5. The zero-order valence-electron chi connectivity index (χ0n) is 11.5. The summed E-state index contributed by atoms with van der Waals surface area (Å²) in [6.45, 7) is 5.76. The van der Waals surface area contributed by atoms with Gasteiger partial charge < -0.3 is 10.6 Å². The van der Waals surface area contributed by atoms with Crippen molar-refractivity contribution in [1.82, 2.24) is 4.90 Å². The molecule has 2 N–H and O–H groups in total. The third-order valence-electron chi connectivity index (χ3n) is 3.85. The van der Waals surface area contributed by atoms with Crippen LogP contribution in [0, 0.1) is 5.92 Å². The predicted molar refractivity (Wildman–Crippen MR) is 82.9 cm³/mol. The predicted octanol–water partition coefficient (Wildman–Crippen LogP) is 2.86. The summed E-state index contributed by atoms with van der Waals surface area (Å²) in [7, 11) is 0. The van der Waals surface area contributed by atoms with E-state index in [0.29, 0.717) is 5.92 Å². The summed E-state index contributed by atoms with van der Waals surface area (Å²) in [6, 6.07) is 4.22. The lowest BCUT2D eigenvalue weighted by Crippen LogP contribution is -2.46. The Kier molecular flexibility index (Phi) is 6.30. The first-order valence-electron chi connectivity index (χ1n) is 6.67. The van der Waals surface area contributed by atoms with Gasteiger partial charge >= 0.3 is 0 Å². The molecule has 5 heteroatoms. The molecule has 3 unspecified atom stereocenters. The first-order valence-corrected chi connectivity index (χ1v) is 7.55. The Morgan fingerprint density at radius 3 is 2.84 bits per heavy atom. The third kappa shape index (κ3) is 3.94. The Morgan fingerprint density at radius 2 is 2.26 bits per heavy atom. The fourth-order valence-corrected chi connectivity index (χ4v) is 3.35. The average molecular weight is 303 g/mol. The summed E-state index contributed by atoms with van der Waals surface area (Å²) in [5.74, 6) is 0.692. The molecular weight excluding hydrogens is 280 g/mol. The normalized spacial score (nSPS) is 22.5. The zero-order chi connectivity index (χ0) is 13.1. The molecule has 1 aliphatic rings. The minimum atomic E-state index is -0.0168. The number of rotatable bonds is 3. The molecule has 1 amide bonds. The van der Waals surface area contributed by atoms with Crippen molar-refractivity contribution in [2.24, 2.45) is 11.7 Å². The van der Waals surface area contributed by atoms with Gasteiger partial charge in [0.2, 0.25) is 5.91 Å². The number of carbonyl (C=O) groups excluding carboxylic acids is 1. The van der Waals surface area contributed by atoms with Gasteiger partial charge in [0.05, 0.1) is 5.92 Å². The van der Waals surface area contributed by atoms with E-state index < -0.39 is 0 Å². The van der Waals surface area contributed by atoms with Gasteiger partial charge in [-0.3, -0.25) is 4.79 Å². The number of piperidine rings is 1. The summed E-state index contributed by atoms with van der Waals surface area (Å²) in [4.78, 5) is 15.6. The average Bonchev–Trinajstić information content (AvgIpc) is 2.91. The van der Waals surface area contributed by atoms with Crippen molar-refractivity contribution in [3.8, 4) is 0 Å². The molecule has 108 valence electrons. The zero-order valence-corrected chi connectivity index (χ0v) is 13.2. The number of amides is 1. The quantitative estimate of drug-likeness (QED) is 0.933. The Hall–Kier alpha value is -0.580. The third-order valence-corrected chi connectivity index (χ3v) is 4.91.